The van der Waals surface area contributed by atoms with E-state index in [9.17, 15) is 31.5 Å². The molecule has 0 aliphatic heterocycles. The summed E-state index contributed by atoms with van der Waals surface area (Å²) in [5.74, 6) is -5.55. The highest BCUT2D eigenvalue weighted by molar-refractivity contribution is 6.39. The van der Waals surface area contributed by atoms with Crippen LogP contribution in [0.5, 0.6) is 5.75 Å². The van der Waals surface area contributed by atoms with Crippen molar-refractivity contribution in [3.05, 3.63) is 74.5 Å². The lowest BCUT2D eigenvalue weighted by Crippen LogP contribution is -2.44. The minimum absolute atomic E-state index is 0.0449. The largest absolute Gasteiger partial charge is 0.487 e. The maximum absolute atomic E-state index is 13.6. The molecule has 45 heavy (non-hydrogen) atoms. The fraction of sp³-hybridized carbons (Fsp3) is 0.276. The fourth-order valence-corrected chi connectivity index (χ4v) is 5.40. The summed E-state index contributed by atoms with van der Waals surface area (Å²) in [4.78, 5) is 29.9. The second-order valence-electron chi connectivity index (χ2n) is 10.3. The lowest BCUT2D eigenvalue weighted by Gasteiger charge is -2.33. The Kier molecular flexibility index (Phi) is 9.33. The van der Waals surface area contributed by atoms with Gasteiger partial charge in [0.1, 0.15) is 18.2 Å². The first-order valence-corrected chi connectivity index (χ1v) is 14.4. The van der Waals surface area contributed by atoms with Crippen LogP contribution in [0.2, 0.25) is 15.1 Å². The third kappa shape index (κ3) is 7.21. The third-order valence-corrected chi connectivity index (χ3v) is 8.13. The summed E-state index contributed by atoms with van der Waals surface area (Å²) >= 11 is 18.8. The number of imidazole rings is 1. The zero-order valence-corrected chi connectivity index (χ0v) is 25.4. The number of nitrogens with zero attached hydrogens (tertiary/aromatic N) is 2. The minimum atomic E-state index is -2.83. The molecule has 0 spiro atoms. The standard InChI is InChI=1S/C29H23Cl3F5N5O3/c1-42-21-8-22(45-12-23(34)35)16(27(44)39-15-3-5-19(33)18(31)6-15)7-20(21)40-28(42)41-25-17(30)4-2-13(24(25)32)11-38-26(43)14-9-29(36,37)10-14/h2-8,14,23H,9-12H2,1H3,(H,38,43)(H,39,44)(H,40,41). The van der Waals surface area contributed by atoms with Crippen LogP contribution in [0.3, 0.4) is 0 Å². The minimum Gasteiger partial charge on any atom is -0.487 e. The SMILES string of the molecule is Cn1c(Nc2c(Cl)ccc(CNC(=O)C3CC(F)(F)C3)c2Cl)nc2cc(C(=O)Nc3ccc(F)c(Cl)c3)c(OCC(F)F)cc21. The second kappa shape index (κ2) is 12.9. The van der Waals surface area contributed by atoms with Crippen LogP contribution < -0.4 is 20.7 Å². The molecule has 8 nitrogen and oxygen atoms in total. The molecule has 0 atom stereocenters. The van der Waals surface area contributed by atoms with Crippen molar-refractivity contribution >= 4 is 75.0 Å². The first-order chi connectivity index (χ1) is 21.2. The van der Waals surface area contributed by atoms with Crippen molar-refractivity contribution in [2.45, 2.75) is 31.7 Å². The van der Waals surface area contributed by atoms with Gasteiger partial charge < -0.3 is 25.3 Å². The number of carbonyl (C=O) groups excluding carboxylic acids is 2. The maximum atomic E-state index is 13.6. The maximum Gasteiger partial charge on any atom is 0.272 e. The summed E-state index contributed by atoms with van der Waals surface area (Å²) < 4.78 is 72.8. The van der Waals surface area contributed by atoms with Crippen molar-refractivity contribution < 1.29 is 36.3 Å². The van der Waals surface area contributed by atoms with Gasteiger partial charge in [0.15, 0.2) is 0 Å². The van der Waals surface area contributed by atoms with E-state index < -0.39 is 55.3 Å². The number of halogens is 8. The lowest BCUT2D eigenvalue weighted by molar-refractivity contribution is -0.150. The number of hydrogen-bond donors (Lipinski definition) is 3. The van der Waals surface area contributed by atoms with Crippen LogP contribution in [0.15, 0.2) is 42.5 Å². The molecule has 238 valence electrons. The number of nitrogens with one attached hydrogen (secondary N) is 3. The Morgan fingerprint density at radius 3 is 2.49 bits per heavy atom. The molecule has 1 fully saturated rings. The van der Waals surface area contributed by atoms with Gasteiger partial charge >= 0.3 is 0 Å². The van der Waals surface area contributed by atoms with Gasteiger partial charge in [-0.15, -0.1) is 0 Å². The van der Waals surface area contributed by atoms with Crippen LogP contribution in [-0.4, -0.2) is 40.3 Å². The molecule has 0 radical (unpaired) electrons. The Labute approximate surface area is 267 Å². The normalized spacial score (nSPS) is 14.4. The highest BCUT2D eigenvalue weighted by Crippen LogP contribution is 2.42. The summed E-state index contributed by atoms with van der Waals surface area (Å²) in [6.07, 6.45) is -3.84. The van der Waals surface area contributed by atoms with Crippen LogP contribution in [-0.2, 0) is 18.4 Å². The number of benzene rings is 3. The molecule has 0 bridgehead atoms. The lowest BCUT2D eigenvalue weighted by atomic mass is 9.81. The van der Waals surface area contributed by atoms with E-state index >= 15 is 0 Å². The van der Waals surface area contributed by atoms with E-state index in [4.69, 9.17) is 39.5 Å². The molecule has 1 saturated carbocycles. The zero-order chi connectivity index (χ0) is 32.6. The van der Waals surface area contributed by atoms with Gasteiger partial charge in [-0.2, -0.15) is 0 Å². The number of hydrogen-bond acceptors (Lipinski definition) is 5. The number of anilines is 3. The Bertz CT molecular complexity index is 1800. The van der Waals surface area contributed by atoms with Crippen LogP contribution in [0.4, 0.5) is 39.3 Å². The average Bonchev–Trinajstić information content (AvgIpc) is 3.27. The summed E-state index contributed by atoms with van der Waals surface area (Å²) in [7, 11) is 1.61. The van der Waals surface area contributed by atoms with Gasteiger partial charge in [0.2, 0.25) is 17.8 Å². The Hall–Kier alpha value is -3.81. The van der Waals surface area contributed by atoms with E-state index in [1.54, 1.807) is 17.7 Å². The molecule has 16 heteroatoms. The van der Waals surface area contributed by atoms with E-state index in [0.717, 1.165) is 6.07 Å². The van der Waals surface area contributed by atoms with E-state index in [2.05, 4.69) is 20.9 Å². The monoisotopic (exact) mass is 689 g/mol. The van der Waals surface area contributed by atoms with Crippen molar-refractivity contribution in [3.8, 4) is 5.75 Å². The fourth-order valence-electron chi connectivity index (χ4n) is 4.68. The van der Waals surface area contributed by atoms with E-state index in [1.807, 2.05) is 0 Å². The van der Waals surface area contributed by atoms with Crippen LogP contribution in [0.1, 0.15) is 28.8 Å². The van der Waals surface area contributed by atoms with Crippen molar-refractivity contribution in [2.75, 3.05) is 17.2 Å². The molecule has 1 heterocycles. The zero-order valence-electron chi connectivity index (χ0n) is 23.2. The molecular formula is C29H23Cl3F5N5O3. The highest BCUT2D eigenvalue weighted by atomic mass is 35.5. The number of fused-ring (bicyclic) bond motifs is 1. The van der Waals surface area contributed by atoms with Gasteiger partial charge in [0.05, 0.1) is 37.4 Å². The van der Waals surface area contributed by atoms with Gasteiger partial charge in [-0.1, -0.05) is 40.9 Å². The first-order valence-electron chi connectivity index (χ1n) is 13.3. The summed E-state index contributed by atoms with van der Waals surface area (Å²) in [6.45, 7) is -1.04. The Morgan fingerprint density at radius 1 is 1.09 bits per heavy atom. The number of rotatable bonds is 10. The smallest absolute Gasteiger partial charge is 0.272 e. The highest BCUT2D eigenvalue weighted by Gasteiger charge is 2.48. The number of aryl methyl sites for hydroxylation is 1. The van der Waals surface area contributed by atoms with Gasteiger partial charge in [-0.3, -0.25) is 9.59 Å². The predicted octanol–water partition coefficient (Wildman–Crippen LogP) is 7.97. The van der Waals surface area contributed by atoms with E-state index in [1.165, 1.54) is 30.3 Å². The molecule has 1 aliphatic carbocycles. The Balaban J connectivity index is 1.42. The third-order valence-electron chi connectivity index (χ3n) is 7.09. The summed E-state index contributed by atoms with van der Waals surface area (Å²) in [5, 5.41) is 8.25. The molecule has 3 N–H and O–H groups in total. The molecular weight excluding hydrogens is 668 g/mol. The summed E-state index contributed by atoms with van der Waals surface area (Å²) in [6, 6.07) is 9.32. The molecule has 2 amide bonds. The Morgan fingerprint density at radius 2 is 1.82 bits per heavy atom. The quantitative estimate of drug-likeness (QED) is 0.147. The molecule has 1 aromatic heterocycles. The van der Waals surface area contributed by atoms with E-state index in [-0.39, 0.29) is 55.8 Å². The van der Waals surface area contributed by atoms with Crippen molar-refractivity contribution in [1.82, 2.24) is 14.9 Å². The topological polar surface area (TPSA) is 97.3 Å². The first kappa shape index (κ1) is 32.6. The number of ether oxygens (including phenoxy) is 1. The molecule has 1 aliphatic rings. The summed E-state index contributed by atoms with van der Waals surface area (Å²) in [5.41, 5.74) is 1.34. The molecule has 0 unspecified atom stereocenters. The van der Waals surface area contributed by atoms with Crippen molar-refractivity contribution in [3.63, 3.8) is 0 Å². The predicted molar refractivity (Wildman–Crippen MR) is 161 cm³/mol. The van der Waals surface area contributed by atoms with Crippen LogP contribution >= 0.6 is 34.8 Å². The van der Waals surface area contributed by atoms with Gasteiger partial charge in [0.25, 0.3) is 12.3 Å². The number of amides is 2. The average molecular weight is 691 g/mol. The van der Waals surface area contributed by atoms with Gasteiger partial charge in [-0.05, 0) is 35.9 Å². The number of aromatic nitrogens is 2. The molecule has 4 aromatic rings. The number of carbonyl (C=O) groups is 2. The molecule has 5 rings (SSSR count). The van der Waals surface area contributed by atoms with Gasteiger partial charge in [0, 0.05) is 44.1 Å². The number of alkyl halides is 4. The van der Waals surface area contributed by atoms with Crippen LogP contribution in [0.25, 0.3) is 11.0 Å². The molecule has 3 aromatic carbocycles. The van der Waals surface area contributed by atoms with E-state index in [0.29, 0.717) is 11.1 Å². The van der Waals surface area contributed by atoms with Crippen molar-refractivity contribution in [1.29, 1.82) is 0 Å². The van der Waals surface area contributed by atoms with Crippen LogP contribution in [0, 0.1) is 11.7 Å². The second-order valence-corrected chi connectivity index (χ2v) is 11.5. The van der Waals surface area contributed by atoms with Crippen molar-refractivity contribution in [2.24, 2.45) is 13.0 Å². The van der Waals surface area contributed by atoms with Gasteiger partial charge in [-0.25, -0.2) is 26.9 Å². The molecule has 0 saturated heterocycles.